The van der Waals surface area contributed by atoms with Gasteiger partial charge in [0.25, 0.3) is 0 Å². The minimum absolute atomic E-state index is 0.357. The first-order chi connectivity index (χ1) is 13.7. The van der Waals surface area contributed by atoms with Crippen molar-refractivity contribution >= 4 is 12.0 Å². The summed E-state index contributed by atoms with van der Waals surface area (Å²) in [6, 6.07) is 7.11. The summed E-state index contributed by atoms with van der Waals surface area (Å²) in [5.74, 6) is 1.35. The quantitative estimate of drug-likeness (QED) is 0.556. The Morgan fingerprint density at radius 2 is 2.11 bits per heavy atom. The second kappa shape index (κ2) is 10.7. The first-order valence-corrected chi connectivity index (χ1v) is 11.1. The average molecular weight is 385 g/mol. The van der Waals surface area contributed by atoms with Gasteiger partial charge in [-0.2, -0.15) is 0 Å². The molecule has 2 aliphatic rings. The molecule has 4 nitrogen and oxygen atoms in total. The number of benzene rings is 1. The predicted molar refractivity (Wildman–Crippen MR) is 116 cm³/mol. The molecule has 0 spiro atoms. The maximum Gasteiger partial charge on any atom is 0.222 e. The van der Waals surface area contributed by atoms with Gasteiger partial charge in [0.1, 0.15) is 12.4 Å². The van der Waals surface area contributed by atoms with Crippen molar-refractivity contribution in [1.82, 2.24) is 9.80 Å². The Morgan fingerprint density at radius 1 is 1.21 bits per heavy atom. The summed E-state index contributed by atoms with van der Waals surface area (Å²) in [6.45, 7) is 9.43. The van der Waals surface area contributed by atoms with Gasteiger partial charge in [0, 0.05) is 31.1 Å². The monoisotopic (exact) mass is 384 g/mol. The third-order valence-electron chi connectivity index (χ3n) is 5.92. The topological polar surface area (TPSA) is 32.8 Å². The average Bonchev–Trinajstić information content (AvgIpc) is 2.71. The minimum Gasteiger partial charge on any atom is -0.489 e. The van der Waals surface area contributed by atoms with E-state index in [9.17, 15) is 4.79 Å². The molecule has 1 aromatic carbocycles. The third-order valence-corrected chi connectivity index (χ3v) is 5.92. The van der Waals surface area contributed by atoms with Crippen molar-refractivity contribution in [3.8, 4) is 5.75 Å². The lowest BCUT2D eigenvalue weighted by Crippen LogP contribution is -2.38. The lowest BCUT2D eigenvalue weighted by atomic mass is 10.0. The smallest absolute Gasteiger partial charge is 0.222 e. The molecular formula is C24H36N2O2. The van der Waals surface area contributed by atoms with E-state index < -0.39 is 0 Å². The van der Waals surface area contributed by atoms with E-state index in [0.29, 0.717) is 18.6 Å². The van der Waals surface area contributed by atoms with Gasteiger partial charge in [0.05, 0.1) is 0 Å². The number of ether oxygens (including phenoxy) is 1. The molecule has 0 bridgehead atoms. The molecule has 1 fully saturated rings. The van der Waals surface area contributed by atoms with Crippen LogP contribution >= 0.6 is 0 Å². The molecule has 2 aliphatic heterocycles. The molecule has 0 N–H and O–H groups in total. The summed E-state index contributed by atoms with van der Waals surface area (Å²) in [5, 5.41) is 0. The van der Waals surface area contributed by atoms with Gasteiger partial charge in [0.15, 0.2) is 0 Å². The molecule has 154 valence electrons. The van der Waals surface area contributed by atoms with Crippen molar-refractivity contribution in [2.45, 2.75) is 64.8 Å². The van der Waals surface area contributed by atoms with Crippen LogP contribution in [0.5, 0.6) is 5.75 Å². The summed E-state index contributed by atoms with van der Waals surface area (Å²) in [6.07, 6.45) is 11.7. The molecule has 1 unspecified atom stereocenters. The SMILES string of the molecule is CCCN(CCCCN1CCCCC1=O)C(C)Cc1ccc2c(c1)C=CCO2. The van der Waals surface area contributed by atoms with E-state index in [1.54, 1.807) is 0 Å². The lowest BCUT2D eigenvalue weighted by Gasteiger charge is -2.30. The first-order valence-electron chi connectivity index (χ1n) is 11.1. The van der Waals surface area contributed by atoms with Crippen molar-refractivity contribution in [2.75, 3.05) is 32.8 Å². The van der Waals surface area contributed by atoms with Crippen molar-refractivity contribution in [3.05, 3.63) is 35.4 Å². The van der Waals surface area contributed by atoms with Crippen LogP contribution in [0.1, 0.15) is 63.5 Å². The molecule has 1 amide bonds. The van der Waals surface area contributed by atoms with Gasteiger partial charge in [0.2, 0.25) is 5.91 Å². The van der Waals surface area contributed by atoms with Crippen LogP contribution in [0.4, 0.5) is 0 Å². The predicted octanol–water partition coefficient (Wildman–Crippen LogP) is 4.53. The standard InChI is InChI=1S/C24H36N2O2/c1-3-13-25(14-6-7-16-26-15-5-4-10-24(26)27)20(2)18-21-11-12-23-22(19-21)9-8-17-28-23/h8-9,11-12,19-20H,3-7,10,13-18H2,1-2H3. The van der Waals surface area contributed by atoms with Crippen molar-refractivity contribution in [2.24, 2.45) is 0 Å². The van der Waals surface area contributed by atoms with Gasteiger partial charge in [-0.1, -0.05) is 19.1 Å². The van der Waals surface area contributed by atoms with Crippen LogP contribution < -0.4 is 4.74 Å². The van der Waals surface area contributed by atoms with Gasteiger partial charge in [-0.15, -0.1) is 0 Å². The number of hydrogen-bond donors (Lipinski definition) is 0. The van der Waals surface area contributed by atoms with Crippen LogP contribution in [0.3, 0.4) is 0 Å². The van der Waals surface area contributed by atoms with E-state index in [1.165, 1.54) is 24.0 Å². The molecule has 4 heteroatoms. The zero-order chi connectivity index (χ0) is 19.8. The van der Waals surface area contributed by atoms with E-state index in [4.69, 9.17) is 4.74 Å². The molecule has 0 aromatic heterocycles. The van der Waals surface area contributed by atoms with Gasteiger partial charge < -0.3 is 14.5 Å². The number of amides is 1. The normalized spacial score (nSPS) is 17.5. The van der Waals surface area contributed by atoms with Crippen LogP contribution in [0, 0.1) is 0 Å². The molecule has 28 heavy (non-hydrogen) atoms. The molecule has 3 rings (SSSR count). The molecule has 0 radical (unpaired) electrons. The summed E-state index contributed by atoms with van der Waals surface area (Å²) in [7, 11) is 0. The number of hydrogen-bond acceptors (Lipinski definition) is 3. The Labute approximate surface area is 170 Å². The third kappa shape index (κ3) is 5.84. The maximum atomic E-state index is 11.9. The minimum atomic E-state index is 0.357. The van der Waals surface area contributed by atoms with Crippen LogP contribution in [0.2, 0.25) is 0 Å². The molecule has 2 heterocycles. The number of carbonyl (C=O) groups excluding carboxylic acids is 1. The first kappa shape index (κ1) is 20.9. The number of piperidine rings is 1. The number of carbonyl (C=O) groups is 1. The van der Waals surface area contributed by atoms with Crippen molar-refractivity contribution < 1.29 is 9.53 Å². The lowest BCUT2D eigenvalue weighted by molar-refractivity contribution is -0.133. The Kier molecular flexibility index (Phi) is 7.96. The number of unbranched alkanes of at least 4 members (excludes halogenated alkanes) is 1. The molecule has 0 saturated carbocycles. The second-order valence-electron chi connectivity index (χ2n) is 8.22. The van der Waals surface area contributed by atoms with Crippen LogP contribution in [-0.4, -0.2) is 54.5 Å². The van der Waals surface area contributed by atoms with Gasteiger partial charge >= 0.3 is 0 Å². The van der Waals surface area contributed by atoms with Crippen molar-refractivity contribution in [3.63, 3.8) is 0 Å². The van der Waals surface area contributed by atoms with Crippen LogP contribution in [0.15, 0.2) is 24.3 Å². The molecule has 1 atom stereocenters. The fraction of sp³-hybridized carbons (Fsp3) is 0.625. The highest BCUT2D eigenvalue weighted by Crippen LogP contribution is 2.25. The number of fused-ring (bicyclic) bond motifs is 1. The number of nitrogens with zero attached hydrogens (tertiary/aromatic N) is 2. The second-order valence-corrected chi connectivity index (χ2v) is 8.22. The van der Waals surface area contributed by atoms with Gasteiger partial charge in [-0.25, -0.2) is 0 Å². The zero-order valence-corrected chi connectivity index (χ0v) is 17.7. The van der Waals surface area contributed by atoms with E-state index in [1.807, 2.05) is 0 Å². The molecule has 1 aromatic rings. The number of likely N-dealkylation sites (tertiary alicyclic amines) is 1. The van der Waals surface area contributed by atoms with E-state index in [2.05, 4.69) is 54.0 Å². The summed E-state index contributed by atoms with van der Waals surface area (Å²) in [5.41, 5.74) is 2.57. The number of rotatable bonds is 10. The van der Waals surface area contributed by atoms with Crippen LogP contribution in [0.25, 0.3) is 6.08 Å². The maximum absolute atomic E-state index is 11.9. The van der Waals surface area contributed by atoms with Crippen molar-refractivity contribution in [1.29, 1.82) is 0 Å². The Balaban J connectivity index is 1.47. The zero-order valence-electron chi connectivity index (χ0n) is 17.7. The highest BCUT2D eigenvalue weighted by molar-refractivity contribution is 5.76. The Morgan fingerprint density at radius 3 is 2.93 bits per heavy atom. The summed E-state index contributed by atoms with van der Waals surface area (Å²) < 4.78 is 5.67. The fourth-order valence-corrected chi connectivity index (χ4v) is 4.33. The fourth-order valence-electron chi connectivity index (χ4n) is 4.33. The van der Waals surface area contributed by atoms with E-state index in [-0.39, 0.29) is 0 Å². The Bertz CT molecular complexity index is 671. The molecule has 0 aliphatic carbocycles. The molecular weight excluding hydrogens is 348 g/mol. The highest BCUT2D eigenvalue weighted by atomic mass is 16.5. The summed E-state index contributed by atoms with van der Waals surface area (Å²) >= 11 is 0. The van der Waals surface area contributed by atoms with Gasteiger partial charge in [-0.3, -0.25) is 4.79 Å². The van der Waals surface area contributed by atoms with E-state index >= 15 is 0 Å². The van der Waals surface area contributed by atoms with Crippen LogP contribution in [-0.2, 0) is 11.2 Å². The highest BCUT2D eigenvalue weighted by Gasteiger charge is 2.18. The van der Waals surface area contributed by atoms with E-state index in [0.717, 1.165) is 64.0 Å². The summed E-state index contributed by atoms with van der Waals surface area (Å²) in [4.78, 5) is 16.6. The Hall–Kier alpha value is -1.81. The largest absolute Gasteiger partial charge is 0.489 e. The van der Waals surface area contributed by atoms with Gasteiger partial charge in [-0.05, 0) is 82.3 Å². The molecule has 1 saturated heterocycles.